The fraction of sp³-hybridized carbons (Fsp3) is 0.357. The highest BCUT2D eigenvalue weighted by Gasteiger charge is 2.05. The second-order valence-electron chi connectivity index (χ2n) is 4.66. The molecule has 18 heavy (non-hydrogen) atoms. The predicted octanol–water partition coefficient (Wildman–Crippen LogP) is 2.24. The van der Waals surface area contributed by atoms with Gasteiger partial charge < -0.3 is 15.2 Å². The quantitative estimate of drug-likeness (QED) is 0.821. The molecule has 0 saturated heterocycles. The number of rotatable bonds is 5. The van der Waals surface area contributed by atoms with Crippen LogP contribution in [0.25, 0.3) is 0 Å². The standard InChI is InChI=1S/C14H19N3O/c1-11-9-14(16-18-11)10-17(2)8-7-12-3-5-13(15)6-4-12/h3-6,9H,7-8,10,15H2,1-2H3. The molecule has 4 heteroatoms. The van der Waals surface area contributed by atoms with Gasteiger partial charge in [0.25, 0.3) is 0 Å². The number of nitrogens with zero attached hydrogens (tertiary/aromatic N) is 2. The Morgan fingerprint density at radius 2 is 2.00 bits per heavy atom. The van der Waals surface area contributed by atoms with Crippen molar-refractivity contribution >= 4 is 5.69 Å². The van der Waals surface area contributed by atoms with Crippen LogP contribution in [-0.2, 0) is 13.0 Å². The van der Waals surface area contributed by atoms with Gasteiger partial charge in [0.15, 0.2) is 0 Å². The number of aryl methyl sites for hydroxylation is 1. The first kappa shape index (κ1) is 12.6. The lowest BCUT2D eigenvalue weighted by Crippen LogP contribution is -2.20. The Morgan fingerprint density at radius 3 is 2.61 bits per heavy atom. The third-order valence-corrected chi connectivity index (χ3v) is 2.87. The average Bonchev–Trinajstić information content (AvgIpc) is 2.74. The second-order valence-corrected chi connectivity index (χ2v) is 4.66. The van der Waals surface area contributed by atoms with Gasteiger partial charge in [-0.1, -0.05) is 17.3 Å². The summed E-state index contributed by atoms with van der Waals surface area (Å²) >= 11 is 0. The second kappa shape index (κ2) is 5.69. The maximum Gasteiger partial charge on any atom is 0.133 e. The van der Waals surface area contributed by atoms with Crippen LogP contribution < -0.4 is 5.73 Å². The number of nitrogens with two attached hydrogens (primary N) is 1. The summed E-state index contributed by atoms with van der Waals surface area (Å²) in [5.74, 6) is 0.858. The fourth-order valence-electron chi connectivity index (χ4n) is 1.85. The molecule has 1 aromatic carbocycles. The predicted molar refractivity (Wildman–Crippen MR) is 72.1 cm³/mol. The van der Waals surface area contributed by atoms with Crippen molar-refractivity contribution in [1.82, 2.24) is 10.1 Å². The number of benzene rings is 1. The van der Waals surface area contributed by atoms with Crippen LogP contribution in [0.2, 0.25) is 0 Å². The lowest BCUT2D eigenvalue weighted by atomic mass is 10.1. The molecule has 2 aromatic rings. The smallest absolute Gasteiger partial charge is 0.133 e. The molecule has 96 valence electrons. The monoisotopic (exact) mass is 245 g/mol. The summed E-state index contributed by atoms with van der Waals surface area (Å²) in [5, 5.41) is 3.99. The topological polar surface area (TPSA) is 55.3 Å². The van der Waals surface area contributed by atoms with Crippen molar-refractivity contribution in [1.29, 1.82) is 0 Å². The third-order valence-electron chi connectivity index (χ3n) is 2.87. The van der Waals surface area contributed by atoms with Crippen molar-refractivity contribution in [3.8, 4) is 0 Å². The molecule has 4 nitrogen and oxygen atoms in total. The molecule has 0 aliphatic carbocycles. The Morgan fingerprint density at radius 1 is 1.28 bits per heavy atom. The molecule has 0 fully saturated rings. The van der Waals surface area contributed by atoms with Gasteiger partial charge in [-0.05, 0) is 38.1 Å². The molecule has 2 N–H and O–H groups in total. The van der Waals surface area contributed by atoms with E-state index in [2.05, 4.69) is 29.2 Å². The van der Waals surface area contributed by atoms with Crippen molar-refractivity contribution in [3.05, 3.63) is 47.3 Å². The Hall–Kier alpha value is -1.81. The minimum Gasteiger partial charge on any atom is -0.399 e. The third kappa shape index (κ3) is 3.60. The van der Waals surface area contributed by atoms with Crippen molar-refractivity contribution in [2.45, 2.75) is 19.9 Å². The van der Waals surface area contributed by atoms with Crippen molar-refractivity contribution in [3.63, 3.8) is 0 Å². The van der Waals surface area contributed by atoms with E-state index in [1.807, 2.05) is 25.1 Å². The van der Waals surface area contributed by atoms with E-state index in [1.54, 1.807) is 0 Å². The zero-order valence-corrected chi connectivity index (χ0v) is 10.9. The number of anilines is 1. The van der Waals surface area contributed by atoms with E-state index in [-0.39, 0.29) is 0 Å². The molecule has 0 saturated carbocycles. The molecule has 0 bridgehead atoms. The Balaban J connectivity index is 1.81. The van der Waals surface area contributed by atoms with Gasteiger partial charge in [0.2, 0.25) is 0 Å². The Bertz CT molecular complexity index is 490. The summed E-state index contributed by atoms with van der Waals surface area (Å²) in [6.45, 7) is 3.70. The van der Waals surface area contributed by atoms with Crippen molar-refractivity contribution < 1.29 is 4.52 Å². The summed E-state index contributed by atoms with van der Waals surface area (Å²) in [6, 6.07) is 10.00. The summed E-state index contributed by atoms with van der Waals surface area (Å²) in [7, 11) is 2.08. The lowest BCUT2D eigenvalue weighted by molar-refractivity contribution is 0.312. The molecule has 0 atom stereocenters. The molecular weight excluding hydrogens is 226 g/mol. The minimum absolute atomic E-state index is 0.810. The highest BCUT2D eigenvalue weighted by Crippen LogP contribution is 2.08. The molecule has 0 unspecified atom stereocenters. The molecule has 0 radical (unpaired) electrons. The fourth-order valence-corrected chi connectivity index (χ4v) is 1.85. The van der Waals surface area contributed by atoms with Gasteiger partial charge in [0.1, 0.15) is 5.76 Å². The van der Waals surface area contributed by atoms with E-state index in [9.17, 15) is 0 Å². The molecule has 0 spiro atoms. The molecular formula is C14H19N3O. The van der Waals surface area contributed by atoms with Crippen LogP contribution in [0.1, 0.15) is 17.0 Å². The van der Waals surface area contributed by atoms with E-state index in [0.717, 1.165) is 36.7 Å². The van der Waals surface area contributed by atoms with Crippen LogP contribution in [0.5, 0.6) is 0 Å². The van der Waals surface area contributed by atoms with Crippen molar-refractivity contribution in [2.24, 2.45) is 0 Å². The van der Waals surface area contributed by atoms with Gasteiger partial charge in [-0.25, -0.2) is 0 Å². The van der Waals surface area contributed by atoms with Gasteiger partial charge in [0.05, 0.1) is 5.69 Å². The van der Waals surface area contributed by atoms with Gasteiger partial charge in [-0.15, -0.1) is 0 Å². The minimum atomic E-state index is 0.810. The van der Waals surface area contributed by atoms with Crippen LogP contribution in [-0.4, -0.2) is 23.6 Å². The SMILES string of the molecule is Cc1cc(CN(C)CCc2ccc(N)cc2)no1. The zero-order chi connectivity index (χ0) is 13.0. The maximum absolute atomic E-state index is 5.66. The highest BCUT2D eigenvalue weighted by molar-refractivity contribution is 5.39. The number of nitrogen functional groups attached to an aromatic ring is 1. The van der Waals surface area contributed by atoms with Gasteiger partial charge in [-0.3, -0.25) is 0 Å². The van der Waals surface area contributed by atoms with Crippen LogP contribution in [0.4, 0.5) is 5.69 Å². The van der Waals surface area contributed by atoms with Gasteiger partial charge in [-0.2, -0.15) is 0 Å². The first-order chi connectivity index (χ1) is 8.63. The van der Waals surface area contributed by atoms with E-state index in [4.69, 9.17) is 10.3 Å². The lowest BCUT2D eigenvalue weighted by Gasteiger charge is -2.14. The summed E-state index contributed by atoms with van der Waals surface area (Å²) in [4.78, 5) is 2.23. The number of hydrogen-bond acceptors (Lipinski definition) is 4. The van der Waals surface area contributed by atoms with Crippen LogP contribution >= 0.6 is 0 Å². The molecule has 0 aliphatic heterocycles. The number of aromatic nitrogens is 1. The molecule has 1 heterocycles. The van der Waals surface area contributed by atoms with E-state index in [1.165, 1.54) is 5.56 Å². The zero-order valence-electron chi connectivity index (χ0n) is 10.9. The molecule has 2 rings (SSSR count). The van der Waals surface area contributed by atoms with Gasteiger partial charge >= 0.3 is 0 Å². The van der Waals surface area contributed by atoms with E-state index in [0.29, 0.717) is 0 Å². The number of likely N-dealkylation sites (N-methyl/N-ethyl adjacent to an activating group) is 1. The van der Waals surface area contributed by atoms with Gasteiger partial charge in [0, 0.05) is 24.8 Å². The van der Waals surface area contributed by atoms with Crippen molar-refractivity contribution in [2.75, 3.05) is 19.3 Å². The van der Waals surface area contributed by atoms with E-state index >= 15 is 0 Å². The first-order valence-corrected chi connectivity index (χ1v) is 6.08. The first-order valence-electron chi connectivity index (χ1n) is 6.08. The highest BCUT2D eigenvalue weighted by atomic mass is 16.5. The summed E-state index contributed by atoms with van der Waals surface area (Å²) < 4.78 is 5.05. The average molecular weight is 245 g/mol. The molecule has 0 amide bonds. The van der Waals surface area contributed by atoms with Crippen LogP contribution in [0.15, 0.2) is 34.9 Å². The molecule has 1 aromatic heterocycles. The number of hydrogen-bond donors (Lipinski definition) is 1. The summed E-state index contributed by atoms with van der Waals surface area (Å²) in [6.07, 6.45) is 1.01. The normalized spacial score (nSPS) is 11.1. The van der Waals surface area contributed by atoms with E-state index < -0.39 is 0 Å². The largest absolute Gasteiger partial charge is 0.399 e. The summed E-state index contributed by atoms with van der Waals surface area (Å²) in [5.41, 5.74) is 8.75. The Labute approximate surface area is 107 Å². The van der Waals surface area contributed by atoms with Crippen LogP contribution in [0, 0.1) is 6.92 Å². The van der Waals surface area contributed by atoms with Crippen LogP contribution in [0.3, 0.4) is 0 Å². The Kier molecular flexibility index (Phi) is 3.99. The maximum atomic E-state index is 5.66. The molecule has 0 aliphatic rings.